The molecular weight excluding hydrogens is 494 g/mol. The molecule has 0 radical (unpaired) electrons. The van der Waals surface area contributed by atoms with Crippen molar-refractivity contribution in [3.8, 4) is 0 Å². The fourth-order valence-corrected chi connectivity index (χ4v) is 3.77. The largest absolute Gasteiger partial charge is 0.324 e. The van der Waals surface area contributed by atoms with Crippen LogP contribution < -0.4 is 10.7 Å². The Balaban J connectivity index is 1.76. The number of aryl methyl sites for hydroxylation is 1. The number of carbonyl (C=O) groups excluding carboxylic acids is 2. The van der Waals surface area contributed by atoms with E-state index in [0.717, 1.165) is 4.47 Å². The van der Waals surface area contributed by atoms with E-state index in [-0.39, 0.29) is 23.4 Å². The lowest BCUT2D eigenvalue weighted by molar-refractivity contribution is -0.116. The lowest BCUT2D eigenvalue weighted by Crippen LogP contribution is -2.25. The van der Waals surface area contributed by atoms with Crippen molar-refractivity contribution >= 4 is 55.9 Å². The van der Waals surface area contributed by atoms with Crippen molar-refractivity contribution < 1.29 is 9.59 Å². The molecular formula is C24H17BrClN3O3. The van der Waals surface area contributed by atoms with Gasteiger partial charge in [0.05, 0.1) is 10.9 Å². The summed E-state index contributed by atoms with van der Waals surface area (Å²) in [6.45, 7) is 1.65. The summed E-state index contributed by atoms with van der Waals surface area (Å²) in [7, 11) is 0. The number of nitrogens with zero attached hydrogens (tertiary/aromatic N) is 2. The minimum absolute atomic E-state index is 0.0268. The Kier molecular flexibility index (Phi) is 6.21. The minimum Gasteiger partial charge on any atom is -0.324 e. The first-order chi connectivity index (χ1) is 15.3. The van der Waals surface area contributed by atoms with Crippen molar-refractivity contribution in [2.24, 2.45) is 0 Å². The fourth-order valence-electron chi connectivity index (χ4n) is 3.32. The quantitative estimate of drug-likeness (QED) is 0.384. The van der Waals surface area contributed by atoms with Crippen LogP contribution in [0.2, 0.25) is 5.02 Å². The molecule has 0 aliphatic carbocycles. The van der Waals surface area contributed by atoms with Crippen LogP contribution in [-0.2, 0) is 11.3 Å². The summed E-state index contributed by atoms with van der Waals surface area (Å²) in [5.74, 6) is -0.767. The zero-order chi connectivity index (χ0) is 22.8. The molecule has 4 aromatic rings. The maximum atomic E-state index is 13.1. The Morgan fingerprint density at radius 3 is 2.56 bits per heavy atom. The van der Waals surface area contributed by atoms with Crippen molar-refractivity contribution in [1.29, 1.82) is 0 Å². The highest BCUT2D eigenvalue weighted by molar-refractivity contribution is 9.10. The van der Waals surface area contributed by atoms with Crippen LogP contribution >= 0.6 is 27.5 Å². The van der Waals surface area contributed by atoms with Crippen molar-refractivity contribution in [3.05, 3.63) is 103 Å². The van der Waals surface area contributed by atoms with Gasteiger partial charge in [0.25, 0.3) is 0 Å². The molecule has 0 aliphatic heterocycles. The molecule has 2 heterocycles. The monoisotopic (exact) mass is 509 g/mol. The number of pyridine rings is 2. The van der Waals surface area contributed by atoms with E-state index in [2.05, 4.69) is 26.2 Å². The fraction of sp³-hybridized carbons (Fsp3) is 0.0833. The van der Waals surface area contributed by atoms with Gasteiger partial charge in [0.15, 0.2) is 5.78 Å². The predicted octanol–water partition coefficient (Wildman–Crippen LogP) is 4.99. The lowest BCUT2D eigenvalue weighted by atomic mass is 10.0. The standard InChI is InChI=1S/C24H17BrClN3O3/c1-14-5-10-19-23(32)20(22(31)15-6-8-16(25)9-7-15)12-29(24(19)27-14)13-21(30)28-18-4-2-3-17(26)11-18/h2-12H,13H2,1H3,(H,28,30). The zero-order valence-corrected chi connectivity index (χ0v) is 19.3. The van der Waals surface area contributed by atoms with Gasteiger partial charge in [-0.25, -0.2) is 4.98 Å². The molecule has 0 spiro atoms. The van der Waals surface area contributed by atoms with Gasteiger partial charge < -0.3 is 9.88 Å². The SMILES string of the molecule is Cc1ccc2c(=O)c(C(=O)c3ccc(Br)cc3)cn(CC(=O)Nc3cccc(Cl)c3)c2n1. The molecule has 4 rings (SSSR count). The smallest absolute Gasteiger partial charge is 0.244 e. The van der Waals surface area contributed by atoms with E-state index < -0.39 is 11.2 Å². The number of ketones is 1. The third-order valence-electron chi connectivity index (χ3n) is 4.83. The van der Waals surface area contributed by atoms with Gasteiger partial charge in [-0.1, -0.05) is 33.6 Å². The van der Waals surface area contributed by atoms with Crippen LogP contribution in [0.25, 0.3) is 11.0 Å². The van der Waals surface area contributed by atoms with Crippen molar-refractivity contribution in [3.63, 3.8) is 0 Å². The summed E-state index contributed by atoms with van der Waals surface area (Å²) in [5, 5.41) is 3.54. The summed E-state index contributed by atoms with van der Waals surface area (Å²) < 4.78 is 2.35. The van der Waals surface area contributed by atoms with E-state index in [1.54, 1.807) is 67.6 Å². The molecule has 8 heteroatoms. The van der Waals surface area contributed by atoms with E-state index in [1.807, 2.05) is 0 Å². The van der Waals surface area contributed by atoms with Crippen molar-refractivity contribution in [2.45, 2.75) is 13.5 Å². The summed E-state index contributed by atoms with van der Waals surface area (Å²) in [5.41, 5.74) is 1.49. The third-order valence-corrected chi connectivity index (χ3v) is 5.60. The molecule has 32 heavy (non-hydrogen) atoms. The molecule has 160 valence electrons. The summed E-state index contributed by atoms with van der Waals surface area (Å²) in [6.07, 6.45) is 1.40. The molecule has 0 bridgehead atoms. The minimum atomic E-state index is -0.424. The molecule has 0 atom stereocenters. The second-order valence-corrected chi connectivity index (χ2v) is 8.57. The van der Waals surface area contributed by atoms with E-state index in [4.69, 9.17) is 11.6 Å². The van der Waals surface area contributed by atoms with E-state index in [1.165, 1.54) is 10.8 Å². The lowest BCUT2D eigenvalue weighted by Gasteiger charge is -2.13. The first-order valence-electron chi connectivity index (χ1n) is 9.68. The highest BCUT2D eigenvalue weighted by atomic mass is 79.9. The second kappa shape index (κ2) is 9.06. The van der Waals surface area contributed by atoms with Crippen LogP contribution in [0.3, 0.4) is 0 Å². The van der Waals surface area contributed by atoms with E-state index >= 15 is 0 Å². The maximum Gasteiger partial charge on any atom is 0.244 e. The van der Waals surface area contributed by atoms with Gasteiger partial charge in [0, 0.05) is 32.6 Å². The van der Waals surface area contributed by atoms with Crippen LogP contribution in [0.5, 0.6) is 0 Å². The number of aromatic nitrogens is 2. The van der Waals surface area contributed by atoms with Gasteiger partial charge in [-0.15, -0.1) is 0 Å². The Morgan fingerprint density at radius 2 is 1.84 bits per heavy atom. The van der Waals surface area contributed by atoms with Crippen LogP contribution in [0, 0.1) is 6.92 Å². The summed E-state index contributed by atoms with van der Waals surface area (Å²) in [4.78, 5) is 43.3. The molecule has 0 saturated carbocycles. The zero-order valence-electron chi connectivity index (χ0n) is 16.9. The molecule has 0 unspecified atom stereocenters. The predicted molar refractivity (Wildman–Crippen MR) is 128 cm³/mol. The molecule has 1 amide bonds. The molecule has 0 fully saturated rings. The number of carbonyl (C=O) groups is 2. The van der Waals surface area contributed by atoms with Crippen LogP contribution in [0.1, 0.15) is 21.6 Å². The summed E-state index contributed by atoms with van der Waals surface area (Å²) in [6, 6.07) is 16.9. The van der Waals surface area contributed by atoms with E-state index in [9.17, 15) is 14.4 Å². The number of amides is 1. The van der Waals surface area contributed by atoms with Gasteiger partial charge in [0.2, 0.25) is 11.3 Å². The van der Waals surface area contributed by atoms with Gasteiger partial charge in [-0.3, -0.25) is 14.4 Å². The molecule has 0 aliphatic rings. The second-order valence-electron chi connectivity index (χ2n) is 7.22. The number of fused-ring (bicyclic) bond motifs is 1. The first kappa shape index (κ1) is 21.9. The third kappa shape index (κ3) is 4.64. The highest BCUT2D eigenvalue weighted by Crippen LogP contribution is 2.18. The van der Waals surface area contributed by atoms with E-state index in [0.29, 0.717) is 27.6 Å². The number of anilines is 1. The normalized spacial score (nSPS) is 10.8. The van der Waals surface area contributed by atoms with Crippen LogP contribution in [0.4, 0.5) is 5.69 Å². The van der Waals surface area contributed by atoms with Gasteiger partial charge in [0.1, 0.15) is 12.2 Å². The Hall–Kier alpha value is -3.29. The number of hydrogen-bond acceptors (Lipinski definition) is 4. The number of rotatable bonds is 5. The average Bonchev–Trinajstić information content (AvgIpc) is 2.75. The number of hydrogen-bond donors (Lipinski definition) is 1. The number of halogens is 2. The maximum absolute atomic E-state index is 13.1. The first-order valence-corrected chi connectivity index (χ1v) is 10.9. The topological polar surface area (TPSA) is 81.1 Å². The summed E-state index contributed by atoms with van der Waals surface area (Å²) >= 11 is 9.32. The molecule has 2 aromatic heterocycles. The average molecular weight is 511 g/mol. The molecule has 0 saturated heterocycles. The van der Waals surface area contributed by atoms with Gasteiger partial charge in [-0.2, -0.15) is 0 Å². The molecule has 1 N–H and O–H groups in total. The molecule has 6 nitrogen and oxygen atoms in total. The Labute approximate surface area is 197 Å². The van der Waals surface area contributed by atoms with Crippen LogP contribution in [0.15, 0.2) is 76.1 Å². The van der Waals surface area contributed by atoms with Crippen molar-refractivity contribution in [2.75, 3.05) is 5.32 Å². The Morgan fingerprint density at radius 1 is 1.09 bits per heavy atom. The Bertz CT molecular complexity index is 1410. The van der Waals surface area contributed by atoms with Gasteiger partial charge in [-0.05, 0) is 61.5 Å². The highest BCUT2D eigenvalue weighted by Gasteiger charge is 2.19. The number of benzene rings is 2. The van der Waals surface area contributed by atoms with Crippen molar-refractivity contribution in [1.82, 2.24) is 9.55 Å². The molecule has 2 aromatic carbocycles. The van der Waals surface area contributed by atoms with Crippen LogP contribution in [-0.4, -0.2) is 21.2 Å². The van der Waals surface area contributed by atoms with Gasteiger partial charge >= 0.3 is 0 Å². The number of nitrogens with one attached hydrogen (secondary N) is 1.